The molecule has 26 heavy (non-hydrogen) atoms. The number of carbonyl (C=O) groups is 1. The molecule has 1 aromatic carbocycles. The molecule has 1 amide bonds. The van der Waals surface area contributed by atoms with E-state index in [0.29, 0.717) is 18.3 Å². The number of nitrogens with one attached hydrogen (secondary N) is 1. The summed E-state index contributed by atoms with van der Waals surface area (Å²) in [6.45, 7) is 5.59. The number of hydrogen-bond acceptors (Lipinski definition) is 4. The quantitative estimate of drug-likeness (QED) is 0.885. The monoisotopic (exact) mass is 367 g/mol. The molecule has 0 bridgehead atoms. The highest BCUT2D eigenvalue weighted by atomic mass is 19.2. The number of halogens is 2. The molecule has 1 aromatic rings. The zero-order valence-corrected chi connectivity index (χ0v) is 15.2. The molecule has 0 radical (unpaired) electrons. The van der Waals surface area contributed by atoms with Gasteiger partial charge in [0.15, 0.2) is 11.6 Å². The van der Waals surface area contributed by atoms with Crippen molar-refractivity contribution < 1.29 is 18.3 Å². The molecule has 144 valence electrons. The number of likely N-dealkylation sites (tertiary alicyclic amines) is 2. The van der Waals surface area contributed by atoms with Crippen LogP contribution in [0.15, 0.2) is 18.2 Å². The summed E-state index contributed by atoms with van der Waals surface area (Å²) in [4.78, 5) is 16.1. The van der Waals surface area contributed by atoms with Crippen molar-refractivity contribution in [1.29, 1.82) is 0 Å². The van der Waals surface area contributed by atoms with Crippen molar-refractivity contribution >= 4 is 11.8 Å². The summed E-state index contributed by atoms with van der Waals surface area (Å²) in [7, 11) is 0. The van der Waals surface area contributed by atoms with E-state index in [4.69, 9.17) is 4.74 Å². The fourth-order valence-electron chi connectivity index (χ4n) is 3.91. The van der Waals surface area contributed by atoms with Crippen LogP contribution in [0, 0.1) is 11.6 Å². The standard InChI is InChI=1S/C19H27F2N3O2/c1-2-26-19(25)23-10-7-16(8-11-23)24-9-3-4-15(13-24)22-14-5-6-17(20)18(21)12-14/h5-6,12,15-16,22H,2-4,7-11,13H2,1H3/t15-/m0/s1. The lowest BCUT2D eigenvalue weighted by Gasteiger charge is -2.42. The number of carbonyl (C=O) groups excluding carboxylic acids is 1. The van der Waals surface area contributed by atoms with Gasteiger partial charge in [-0.3, -0.25) is 4.90 Å². The highest BCUT2D eigenvalue weighted by Gasteiger charge is 2.30. The summed E-state index contributed by atoms with van der Waals surface area (Å²) in [5.74, 6) is -1.65. The molecule has 1 N–H and O–H groups in total. The molecule has 0 saturated carbocycles. The van der Waals surface area contributed by atoms with E-state index in [1.165, 1.54) is 6.07 Å². The first kappa shape index (κ1) is 18.9. The van der Waals surface area contributed by atoms with Crippen molar-refractivity contribution in [3.8, 4) is 0 Å². The fourth-order valence-corrected chi connectivity index (χ4v) is 3.91. The van der Waals surface area contributed by atoms with Gasteiger partial charge in [-0.25, -0.2) is 13.6 Å². The molecule has 2 aliphatic heterocycles. The number of ether oxygens (including phenoxy) is 1. The molecule has 2 heterocycles. The van der Waals surface area contributed by atoms with E-state index < -0.39 is 11.6 Å². The van der Waals surface area contributed by atoms with Crippen LogP contribution in [0.3, 0.4) is 0 Å². The minimum atomic E-state index is -0.825. The number of piperidine rings is 2. The topological polar surface area (TPSA) is 44.8 Å². The Labute approximate surface area is 153 Å². The van der Waals surface area contributed by atoms with Crippen molar-refractivity contribution in [1.82, 2.24) is 9.80 Å². The summed E-state index contributed by atoms with van der Waals surface area (Å²) in [5, 5.41) is 3.33. The Bertz CT molecular complexity index is 621. The van der Waals surface area contributed by atoms with Gasteiger partial charge in [-0.2, -0.15) is 0 Å². The first-order valence-corrected chi connectivity index (χ1v) is 9.44. The largest absolute Gasteiger partial charge is 0.450 e. The van der Waals surface area contributed by atoms with E-state index in [1.54, 1.807) is 11.0 Å². The van der Waals surface area contributed by atoms with Gasteiger partial charge in [-0.15, -0.1) is 0 Å². The van der Waals surface area contributed by atoms with Gasteiger partial charge in [0, 0.05) is 43.5 Å². The first-order chi connectivity index (χ1) is 12.6. The van der Waals surface area contributed by atoms with Crippen LogP contribution >= 0.6 is 0 Å². The van der Waals surface area contributed by atoms with E-state index >= 15 is 0 Å². The Kier molecular flexibility index (Phi) is 6.29. The van der Waals surface area contributed by atoms with Crippen LogP contribution < -0.4 is 5.32 Å². The lowest BCUT2D eigenvalue weighted by Crippen LogP contribution is -2.51. The van der Waals surface area contributed by atoms with Crippen LogP contribution in [0.4, 0.5) is 19.3 Å². The summed E-state index contributed by atoms with van der Waals surface area (Å²) >= 11 is 0. The summed E-state index contributed by atoms with van der Waals surface area (Å²) < 4.78 is 31.5. The summed E-state index contributed by atoms with van der Waals surface area (Å²) in [6.07, 6.45) is 3.74. The van der Waals surface area contributed by atoms with Gasteiger partial charge >= 0.3 is 6.09 Å². The third-order valence-corrected chi connectivity index (χ3v) is 5.25. The minimum Gasteiger partial charge on any atom is -0.450 e. The Hall–Kier alpha value is -1.89. The molecule has 1 atom stereocenters. The number of hydrogen-bond donors (Lipinski definition) is 1. The van der Waals surface area contributed by atoms with Crippen LogP contribution in [-0.4, -0.2) is 60.8 Å². The summed E-state index contributed by atoms with van der Waals surface area (Å²) in [6, 6.07) is 4.62. The van der Waals surface area contributed by atoms with Gasteiger partial charge in [0.2, 0.25) is 0 Å². The molecule has 0 spiro atoms. The lowest BCUT2D eigenvalue weighted by atomic mass is 9.98. The molecule has 2 fully saturated rings. The molecular weight excluding hydrogens is 340 g/mol. The van der Waals surface area contributed by atoms with Gasteiger partial charge in [-0.05, 0) is 51.3 Å². The van der Waals surface area contributed by atoms with Gasteiger partial charge < -0.3 is 15.0 Å². The third-order valence-electron chi connectivity index (χ3n) is 5.25. The van der Waals surface area contributed by atoms with E-state index in [1.807, 2.05) is 6.92 Å². The molecule has 0 aromatic heterocycles. The molecule has 3 rings (SSSR count). The Morgan fingerprint density at radius 3 is 2.65 bits per heavy atom. The van der Waals surface area contributed by atoms with Crippen LogP contribution in [-0.2, 0) is 4.74 Å². The molecule has 2 saturated heterocycles. The number of rotatable bonds is 4. The van der Waals surface area contributed by atoms with Gasteiger partial charge in [0.05, 0.1) is 6.61 Å². The highest BCUT2D eigenvalue weighted by molar-refractivity contribution is 5.67. The van der Waals surface area contributed by atoms with E-state index in [9.17, 15) is 13.6 Å². The molecule has 0 unspecified atom stereocenters. The van der Waals surface area contributed by atoms with Crippen LogP contribution in [0.25, 0.3) is 0 Å². The van der Waals surface area contributed by atoms with Crippen molar-refractivity contribution in [2.45, 2.75) is 44.7 Å². The average molecular weight is 367 g/mol. The molecule has 2 aliphatic rings. The zero-order chi connectivity index (χ0) is 18.5. The number of anilines is 1. The zero-order valence-electron chi connectivity index (χ0n) is 15.2. The predicted molar refractivity (Wildman–Crippen MR) is 96.2 cm³/mol. The molecular formula is C19H27F2N3O2. The first-order valence-electron chi connectivity index (χ1n) is 9.44. The van der Waals surface area contributed by atoms with Gasteiger partial charge in [0.25, 0.3) is 0 Å². The van der Waals surface area contributed by atoms with E-state index in [-0.39, 0.29) is 12.1 Å². The van der Waals surface area contributed by atoms with Crippen molar-refractivity contribution in [2.24, 2.45) is 0 Å². The highest BCUT2D eigenvalue weighted by Crippen LogP contribution is 2.24. The SMILES string of the molecule is CCOC(=O)N1CCC(N2CCC[C@H](Nc3ccc(F)c(F)c3)C2)CC1. The number of amides is 1. The maximum atomic E-state index is 13.4. The number of benzene rings is 1. The van der Waals surface area contributed by atoms with E-state index in [2.05, 4.69) is 10.2 Å². The average Bonchev–Trinajstić information content (AvgIpc) is 2.65. The lowest BCUT2D eigenvalue weighted by molar-refractivity contribution is 0.0667. The van der Waals surface area contributed by atoms with Crippen LogP contribution in [0.2, 0.25) is 0 Å². The van der Waals surface area contributed by atoms with Crippen LogP contribution in [0.1, 0.15) is 32.6 Å². The second kappa shape index (κ2) is 8.66. The van der Waals surface area contributed by atoms with Crippen molar-refractivity contribution in [2.75, 3.05) is 38.1 Å². The van der Waals surface area contributed by atoms with E-state index in [0.717, 1.165) is 57.9 Å². The minimum absolute atomic E-state index is 0.219. The molecule has 7 heteroatoms. The predicted octanol–water partition coefficient (Wildman–Crippen LogP) is 3.46. The van der Waals surface area contributed by atoms with Crippen LogP contribution in [0.5, 0.6) is 0 Å². The Morgan fingerprint density at radius 1 is 1.19 bits per heavy atom. The fraction of sp³-hybridized carbons (Fsp3) is 0.632. The Balaban J connectivity index is 1.51. The maximum absolute atomic E-state index is 13.4. The van der Waals surface area contributed by atoms with Crippen molar-refractivity contribution in [3.05, 3.63) is 29.8 Å². The number of nitrogens with zero attached hydrogens (tertiary/aromatic N) is 2. The second-order valence-electron chi connectivity index (χ2n) is 7.02. The summed E-state index contributed by atoms with van der Waals surface area (Å²) in [5.41, 5.74) is 0.618. The second-order valence-corrected chi connectivity index (χ2v) is 7.02. The smallest absolute Gasteiger partial charge is 0.409 e. The third kappa shape index (κ3) is 4.63. The molecule has 0 aliphatic carbocycles. The molecule has 5 nitrogen and oxygen atoms in total. The Morgan fingerprint density at radius 2 is 1.96 bits per heavy atom. The van der Waals surface area contributed by atoms with Gasteiger partial charge in [-0.1, -0.05) is 0 Å². The normalized spacial score (nSPS) is 22.3. The van der Waals surface area contributed by atoms with Gasteiger partial charge in [0.1, 0.15) is 0 Å². The van der Waals surface area contributed by atoms with Crippen molar-refractivity contribution in [3.63, 3.8) is 0 Å². The maximum Gasteiger partial charge on any atom is 0.409 e.